The van der Waals surface area contributed by atoms with E-state index in [4.69, 9.17) is 0 Å². The first-order chi connectivity index (χ1) is 13.4. The maximum atomic E-state index is 12.2. The van der Waals surface area contributed by atoms with Crippen molar-refractivity contribution in [2.45, 2.75) is 32.4 Å². The van der Waals surface area contributed by atoms with Crippen molar-refractivity contribution in [3.05, 3.63) is 53.2 Å². The van der Waals surface area contributed by atoms with Gasteiger partial charge in [-0.25, -0.2) is 15.0 Å². The Labute approximate surface area is 159 Å². The number of nitrogens with one attached hydrogen (secondary N) is 2. The summed E-state index contributed by atoms with van der Waals surface area (Å²) in [5, 5.41) is 4.32. The van der Waals surface area contributed by atoms with Crippen LogP contribution in [0.2, 0.25) is 0 Å². The largest absolute Gasteiger partial charge is 0.468 e. The predicted octanol–water partition coefficient (Wildman–Crippen LogP) is 1.98. The average molecular weight is 392 g/mol. The maximum Gasteiger partial charge on any atom is 0.422 e. The first kappa shape index (κ1) is 19.8. The Hall–Kier alpha value is -2.97. The highest BCUT2D eigenvalue weighted by Gasteiger charge is 2.28. The number of aromatic nitrogens is 3. The van der Waals surface area contributed by atoms with E-state index in [0.29, 0.717) is 18.5 Å². The molecule has 3 rings (SSSR count). The van der Waals surface area contributed by atoms with E-state index in [-0.39, 0.29) is 5.88 Å². The lowest BCUT2D eigenvalue weighted by atomic mass is 10.1. The number of hydrogen-bond acceptors (Lipinski definition) is 5. The van der Waals surface area contributed by atoms with Crippen molar-refractivity contribution in [1.82, 2.24) is 9.97 Å². The van der Waals surface area contributed by atoms with Crippen LogP contribution >= 0.6 is 0 Å². The highest BCUT2D eigenvalue weighted by Crippen LogP contribution is 2.17. The molecule has 148 valence electrons. The zero-order valence-electron chi connectivity index (χ0n) is 15.4. The summed E-state index contributed by atoms with van der Waals surface area (Å²) in [6, 6.07) is 3.15. The van der Waals surface area contributed by atoms with Crippen molar-refractivity contribution in [2.24, 2.45) is 4.99 Å². The number of halogens is 3. The van der Waals surface area contributed by atoms with Crippen molar-refractivity contribution in [3.8, 4) is 5.88 Å². The molecule has 0 aromatic carbocycles. The third-order valence-electron chi connectivity index (χ3n) is 4.18. The smallest absolute Gasteiger partial charge is 0.422 e. The Morgan fingerprint density at radius 2 is 2.11 bits per heavy atom. The van der Waals surface area contributed by atoms with Crippen LogP contribution in [0.15, 0.2) is 41.9 Å². The van der Waals surface area contributed by atoms with Gasteiger partial charge in [-0.2, -0.15) is 13.2 Å². The minimum absolute atomic E-state index is 0.0437. The highest BCUT2D eigenvalue weighted by atomic mass is 19.4. The van der Waals surface area contributed by atoms with Gasteiger partial charge in [0.05, 0.1) is 6.54 Å². The quantitative estimate of drug-likeness (QED) is 0.816. The molecule has 28 heavy (non-hydrogen) atoms. The fourth-order valence-corrected chi connectivity index (χ4v) is 2.80. The molecule has 2 N–H and O–H groups in total. The van der Waals surface area contributed by atoms with E-state index in [2.05, 4.69) is 36.9 Å². The van der Waals surface area contributed by atoms with Crippen LogP contribution in [0.3, 0.4) is 0 Å². The number of hydrogen-bond donors (Lipinski definition) is 1. The van der Waals surface area contributed by atoms with Gasteiger partial charge in [0, 0.05) is 24.9 Å². The number of nitrogens with zero attached hydrogens (tertiary/aromatic N) is 3. The van der Waals surface area contributed by atoms with Gasteiger partial charge >= 0.3 is 6.18 Å². The van der Waals surface area contributed by atoms with Crippen molar-refractivity contribution >= 4 is 11.4 Å². The van der Waals surface area contributed by atoms with Gasteiger partial charge in [-0.05, 0) is 25.3 Å². The zero-order chi connectivity index (χ0) is 20.0. The van der Waals surface area contributed by atoms with Crippen LogP contribution in [0.5, 0.6) is 5.88 Å². The number of rotatable bonds is 6. The molecular weight excluding hydrogens is 371 g/mol. The number of anilines is 1. The Kier molecular flexibility index (Phi) is 6.23. The monoisotopic (exact) mass is 392 g/mol. The zero-order valence-corrected chi connectivity index (χ0v) is 15.4. The molecule has 3 heterocycles. The average Bonchev–Trinajstić information content (AvgIpc) is 2.65. The number of H-pyrrole nitrogens is 1. The molecule has 0 amide bonds. The summed E-state index contributed by atoms with van der Waals surface area (Å²) in [5.74, 6) is 0.803. The number of alkyl halides is 3. The molecule has 0 atom stereocenters. The van der Waals surface area contributed by atoms with Crippen LogP contribution in [0, 0.1) is 0 Å². The molecule has 1 aliphatic heterocycles. The first-order valence-corrected chi connectivity index (χ1v) is 8.90. The highest BCUT2D eigenvalue weighted by molar-refractivity contribution is 5.48. The van der Waals surface area contributed by atoms with Gasteiger partial charge in [-0.15, -0.1) is 0 Å². The molecule has 0 aliphatic carbocycles. The lowest BCUT2D eigenvalue weighted by molar-refractivity contribution is -0.367. The van der Waals surface area contributed by atoms with Crippen LogP contribution in [0.4, 0.5) is 19.0 Å². The second-order valence-electron chi connectivity index (χ2n) is 6.39. The number of pyridine rings is 1. The standard InChI is InChI=1S/C19H20F3N5O/c1-13-4-2-3-8-23-17-16(13)18(27-12-26-17)24-9-7-14-5-6-15(25-10-14)28-11-19(20,21)22/h3,5-6,8,10,12H,2,4,7,9,11H2,1H3,(H,23,24,26,27)/p+1. The maximum absolute atomic E-state index is 12.2. The number of fused-ring (bicyclic) bond motifs is 1. The Bertz CT molecular complexity index is 955. The summed E-state index contributed by atoms with van der Waals surface area (Å²) in [4.78, 5) is 15.7. The molecule has 0 unspecified atom stereocenters. The van der Waals surface area contributed by atoms with E-state index in [1.54, 1.807) is 18.6 Å². The summed E-state index contributed by atoms with van der Waals surface area (Å²) in [6.45, 7) is 1.33. The van der Waals surface area contributed by atoms with Gasteiger partial charge in [-0.1, -0.05) is 22.7 Å². The molecule has 1 aliphatic rings. The van der Waals surface area contributed by atoms with Crippen LogP contribution in [-0.4, -0.2) is 29.3 Å². The molecule has 0 radical (unpaired) electrons. The summed E-state index contributed by atoms with van der Waals surface area (Å²) in [7, 11) is 0. The summed E-state index contributed by atoms with van der Waals surface area (Å²) in [6.07, 6.45) is 5.04. The minimum Gasteiger partial charge on any atom is -0.468 e. The van der Waals surface area contributed by atoms with Crippen LogP contribution in [0.1, 0.15) is 25.3 Å². The van der Waals surface area contributed by atoms with Crippen LogP contribution < -0.4 is 25.7 Å². The number of allylic oxidation sites excluding steroid dienone is 1. The molecule has 2 aromatic rings. The van der Waals surface area contributed by atoms with Gasteiger partial charge < -0.3 is 10.1 Å². The lowest BCUT2D eigenvalue weighted by Crippen LogP contribution is -2.39. The van der Waals surface area contributed by atoms with Crippen LogP contribution in [0.25, 0.3) is 5.57 Å². The van der Waals surface area contributed by atoms with Gasteiger partial charge in [0.25, 0.3) is 0 Å². The van der Waals surface area contributed by atoms with Gasteiger partial charge in [0.1, 0.15) is 5.22 Å². The van der Waals surface area contributed by atoms with Crippen molar-refractivity contribution in [1.29, 1.82) is 0 Å². The second kappa shape index (κ2) is 8.81. The van der Waals surface area contributed by atoms with E-state index in [9.17, 15) is 13.2 Å². The molecular formula is C19H21F3N5O+. The first-order valence-electron chi connectivity index (χ1n) is 8.90. The molecule has 0 saturated carbocycles. The Balaban J connectivity index is 1.64. The predicted molar refractivity (Wildman–Crippen MR) is 97.0 cm³/mol. The van der Waals surface area contributed by atoms with E-state index >= 15 is 0 Å². The third kappa shape index (κ3) is 5.51. The van der Waals surface area contributed by atoms with E-state index in [0.717, 1.165) is 29.4 Å². The molecule has 2 aromatic heterocycles. The molecule has 9 heteroatoms. The van der Waals surface area contributed by atoms with Gasteiger partial charge in [-0.3, -0.25) is 0 Å². The number of aromatic amines is 1. The Morgan fingerprint density at radius 3 is 2.86 bits per heavy atom. The van der Waals surface area contributed by atoms with Crippen molar-refractivity contribution < 1.29 is 22.9 Å². The second-order valence-corrected chi connectivity index (χ2v) is 6.39. The van der Waals surface area contributed by atoms with Crippen molar-refractivity contribution in [2.75, 3.05) is 18.5 Å². The Morgan fingerprint density at radius 1 is 1.25 bits per heavy atom. The summed E-state index contributed by atoms with van der Waals surface area (Å²) < 4.78 is 41.1. The van der Waals surface area contributed by atoms with E-state index < -0.39 is 12.8 Å². The molecule has 0 fully saturated rings. The molecule has 0 spiro atoms. The SMILES string of the molecule is CC1=c2c(NCCc3ccc(OCC(F)(F)F)nc3)[nH+]cnc2=NC=CCC1. The van der Waals surface area contributed by atoms with Crippen molar-refractivity contribution in [3.63, 3.8) is 0 Å². The summed E-state index contributed by atoms with van der Waals surface area (Å²) >= 11 is 0. The number of ether oxygens (including phenoxy) is 1. The summed E-state index contributed by atoms with van der Waals surface area (Å²) in [5.41, 5.74) is 2.75. The minimum atomic E-state index is -4.38. The lowest BCUT2D eigenvalue weighted by Gasteiger charge is -2.08. The van der Waals surface area contributed by atoms with Gasteiger partial charge in [0.2, 0.25) is 23.5 Å². The molecule has 0 saturated heterocycles. The molecule has 0 bridgehead atoms. The van der Waals surface area contributed by atoms with E-state index in [1.807, 2.05) is 6.08 Å². The van der Waals surface area contributed by atoms with E-state index in [1.165, 1.54) is 17.8 Å². The topological polar surface area (TPSA) is 73.5 Å². The van der Waals surface area contributed by atoms with Gasteiger partial charge in [0.15, 0.2) is 6.61 Å². The normalized spacial score (nSPS) is 13.9. The third-order valence-corrected chi connectivity index (χ3v) is 4.18. The molecule has 6 nitrogen and oxygen atoms in total. The van der Waals surface area contributed by atoms with Crippen LogP contribution in [-0.2, 0) is 6.42 Å². The fraction of sp³-hybridized carbons (Fsp3) is 0.368. The fourth-order valence-electron chi connectivity index (χ4n) is 2.80.